The largest absolute Gasteiger partial charge is 0.411 e. The number of hydrogen-bond acceptors (Lipinski definition) is 6. The van der Waals surface area contributed by atoms with Crippen molar-refractivity contribution in [3.63, 3.8) is 0 Å². The summed E-state index contributed by atoms with van der Waals surface area (Å²) < 4.78 is 19.7. The summed E-state index contributed by atoms with van der Waals surface area (Å²) in [4.78, 5) is 4.58. The van der Waals surface area contributed by atoms with E-state index < -0.39 is 0 Å². The average Bonchev–Trinajstić information content (AvgIpc) is 3.30. The molecule has 26 heavy (non-hydrogen) atoms. The fourth-order valence-electron chi connectivity index (χ4n) is 2.24. The maximum atomic E-state index is 13.0. The van der Waals surface area contributed by atoms with Gasteiger partial charge in [-0.25, -0.2) is 9.37 Å². The molecule has 0 saturated carbocycles. The molecule has 0 unspecified atom stereocenters. The third-order valence-corrected chi connectivity index (χ3v) is 5.75. The van der Waals surface area contributed by atoms with Crippen LogP contribution in [0.1, 0.15) is 5.69 Å². The molecule has 0 N–H and O–H groups in total. The Morgan fingerprint density at radius 1 is 1.08 bits per heavy atom. The Bertz CT molecular complexity index is 1030. The number of thiazole rings is 1. The highest BCUT2D eigenvalue weighted by molar-refractivity contribution is 9.10. The van der Waals surface area contributed by atoms with Gasteiger partial charge < -0.3 is 4.42 Å². The van der Waals surface area contributed by atoms with Crippen LogP contribution in [0.2, 0.25) is 0 Å². The number of thioether (sulfide) groups is 1. The molecule has 0 amide bonds. The molecule has 0 radical (unpaired) electrons. The summed E-state index contributed by atoms with van der Waals surface area (Å²) in [5.41, 5.74) is 2.69. The van der Waals surface area contributed by atoms with Crippen LogP contribution in [0, 0.1) is 5.82 Å². The predicted octanol–water partition coefficient (Wildman–Crippen LogP) is 6.05. The quantitative estimate of drug-likeness (QED) is 0.348. The predicted molar refractivity (Wildman–Crippen MR) is 105 cm³/mol. The highest BCUT2D eigenvalue weighted by atomic mass is 79.9. The topological polar surface area (TPSA) is 51.8 Å². The minimum absolute atomic E-state index is 0.251. The first-order chi connectivity index (χ1) is 12.7. The van der Waals surface area contributed by atoms with Crippen molar-refractivity contribution >= 4 is 39.0 Å². The van der Waals surface area contributed by atoms with Gasteiger partial charge in [0.1, 0.15) is 10.8 Å². The van der Waals surface area contributed by atoms with E-state index in [4.69, 9.17) is 4.42 Å². The highest BCUT2D eigenvalue weighted by Crippen LogP contribution is 2.29. The zero-order valence-corrected chi connectivity index (χ0v) is 16.4. The molecular formula is C18H11BrFN3OS2. The molecule has 4 rings (SSSR count). The van der Waals surface area contributed by atoms with Crippen LogP contribution in [-0.4, -0.2) is 15.2 Å². The maximum Gasteiger partial charge on any atom is 0.277 e. The molecule has 2 heterocycles. The molecule has 0 bridgehead atoms. The van der Waals surface area contributed by atoms with E-state index in [-0.39, 0.29) is 5.82 Å². The van der Waals surface area contributed by atoms with Gasteiger partial charge in [0, 0.05) is 26.7 Å². The van der Waals surface area contributed by atoms with Crippen LogP contribution in [0.25, 0.3) is 22.0 Å². The van der Waals surface area contributed by atoms with E-state index in [2.05, 4.69) is 31.1 Å². The molecule has 2 aromatic heterocycles. The molecule has 4 aromatic rings. The van der Waals surface area contributed by atoms with Crippen molar-refractivity contribution < 1.29 is 8.81 Å². The maximum absolute atomic E-state index is 13.0. The van der Waals surface area contributed by atoms with Crippen LogP contribution in [0.5, 0.6) is 0 Å². The molecule has 0 spiro atoms. The lowest BCUT2D eigenvalue weighted by Crippen LogP contribution is -1.82. The van der Waals surface area contributed by atoms with Crippen LogP contribution in [0.15, 0.2) is 68.0 Å². The van der Waals surface area contributed by atoms with E-state index in [1.54, 1.807) is 12.1 Å². The van der Waals surface area contributed by atoms with Crippen LogP contribution in [-0.2, 0) is 5.75 Å². The number of benzene rings is 2. The van der Waals surface area contributed by atoms with Crippen molar-refractivity contribution in [2.75, 3.05) is 0 Å². The fraction of sp³-hybridized carbons (Fsp3) is 0.0556. The van der Waals surface area contributed by atoms with E-state index in [0.717, 1.165) is 26.3 Å². The Balaban J connectivity index is 1.43. The molecule has 2 aromatic carbocycles. The zero-order chi connectivity index (χ0) is 17.9. The average molecular weight is 448 g/mol. The first kappa shape index (κ1) is 17.4. The summed E-state index contributed by atoms with van der Waals surface area (Å²) in [5.74, 6) is 0.857. The second-order valence-corrected chi connectivity index (χ2v) is 8.02. The van der Waals surface area contributed by atoms with Crippen LogP contribution in [0.3, 0.4) is 0 Å². The SMILES string of the molecule is Fc1ccc(-c2nc(CSc3nnc(-c4cccc(Br)c4)o3)cs2)cc1. The summed E-state index contributed by atoms with van der Waals surface area (Å²) >= 11 is 6.39. The van der Waals surface area contributed by atoms with Gasteiger partial charge in [0.25, 0.3) is 5.22 Å². The number of rotatable bonds is 5. The van der Waals surface area contributed by atoms with E-state index in [9.17, 15) is 4.39 Å². The smallest absolute Gasteiger partial charge is 0.277 e. The first-order valence-electron chi connectivity index (χ1n) is 7.60. The van der Waals surface area contributed by atoms with Crippen molar-refractivity contribution in [3.05, 3.63) is 69.9 Å². The Morgan fingerprint density at radius 2 is 1.92 bits per heavy atom. The van der Waals surface area contributed by atoms with Crippen LogP contribution < -0.4 is 0 Å². The summed E-state index contributed by atoms with van der Waals surface area (Å²) in [6.07, 6.45) is 0. The number of nitrogens with zero attached hydrogens (tertiary/aromatic N) is 3. The zero-order valence-electron chi connectivity index (χ0n) is 13.2. The molecule has 8 heteroatoms. The van der Waals surface area contributed by atoms with Gasteiger partial charge in [-0.15, -0.1) is 21.5 Å². The van der Waals surface area contributed by atoms with Crippen molar-refractivity contribution in [3.8, 4) is 22.0 Å². The van der Waals surface area contributed by atoms with Crippen molar-refractivity contribution in [1.82, 2.24) is 15.2 Å². The Kier molecular flexibility index (Phi) is 5.14. The van der Waals surface area contributed by atoms with Gasteiger partial charge in [0.05, 0.1) is 5.69 Å². The Labute approximate surface area is 165 Å². The number of halogens is 2. The lowest BCUT2D eigenvalue weighted by molar-refractivity contribution is 0.466. The molecule has 0 fully saturated rings. The van der Waals surface area contributed by atoms with Crippen LogP contribution >= 0.6 is 39.0 Å². The molecule has 0 aliphatic rings. The summed E-state index contributed by atoms with van der Waals surface area (Å²) in [7, 11) is 0. The first-order valence-corrected chi connectivity index (χ1v) is 10.3. The molecule has 0 aliphatic carbocycles. The van der Waals surface area contributed by atoms with Crippen molar-refractivity contribution in [2.45, 2.75) is 11.0 Å². The van der Waals surface area contributed by atoms with Gasteiger partial charge in [0.2, 0.25) is 5.89 Å². The summed E-state index contributed by atoms with van der Waals surface area (Å²) in [5, 5.41) is 11.5. The molecular weight excluding hydrogens is 437 g/mol. The standard InChI is InChI=1S/C18H11BrFN3OS2/c19-13-3-1-2-12(8-13)16-22-23-18(24-16)26-10-15-9-25-17(21-15)11-4-6-14(20)7-5-11/h1-9H,10H2. The van der Waals surface area contributed by atoms with E-state index in [1.165, 1.54) is 35.2 Å². The fourth-order valence-corrected chi connectivity index (χ4v) is 4.23. The van der Waals surface area contributed by atoms with Gasteiger partial charge in [-0.2, -0.15) is 0 Å². The van der Waals surface area contributed by atoms with Crippen LogP contribution in [0.4, 0.5) is 4.39 Å². The molecule has 4 nitrogen and oxygen atoms in total. The minimum Gasteiger partial charge on any atom is -0.411 e. The number of hydrogen-bond donors (Lipinski definition) is 0. The lowest BCUT2D eigenvalue weighted by Gasteiger charge is -1.96. The molecule has 130 valence electrons. The highest BCUT2D eigenvalue weighted by Gasteiger charge is 2.11. The van der Waals surface area contributed by atoms with Crippen molar-refractivity contribution in [2.24, 2.45) is 0 Å². The summed E-state index contributed by atoms with van der Waals surface area (Å²) in [6, 6.07) is 14.0. The second-order valence-electron chi connectivity index (χ2n) is 5.32. The third kappa shape index (κ3) is 4.03. The van der Waals surface area contributed by atoms with Gasteiger partial charge in [-0.1, -0.05) is 33.8 Å². The van der Waals surface area contributed by atoms with E-state index in [1.807, 2.05) is 29.6 Å². The monoisotopic (exact) mass is 447 g/mol. The minimum atomic E-state index is -0.251. The van der Waals surface area contributed by atoms with E-state index in [0.29, 0.717) is 16.9 Å². The normalized spacial score (nSPS) is 11.0. The third-order valence-electron chi connectivity index (χ3n) is 3.46. The lowest BCUT2D eigenvalue weighted by atomic mass is 10.2. The molecule has 0 atom stereocenters. The van der Waals surface area contributed by atoms with Gasteiger partial charge in [-0.05, 0) is 42.5 Å². The van der Waals surface area contributed by atoms with Gasteiger partial charge in [0.15, 0.2) is 0 Å². The second kappa shape index (κ2) is 7.69. The number of aromatic nitrogens is 3. The summed E-state index contributed by atoms with van der Waals surface area (Å²) in [6.45, 7) is 0. The molecule has 0 saturated heterocycles. The van der Waals surface area contributed by atoms with E-state index >= 15 is 0 Å². The Hall–Kier alpha value is -2.03. The van der Waals surface area contributed by atoms with Gasteiger partial charge >= 0.3 is 0 Å². The van der Waals surface area contributed by atoms with Gasteiger partial charge in [-0.3, -0.25) is 0 Å². The molecule has 0 aliphatic heterocycles. The Morgan fingerprint density at radius 3 is 2.73 bits per heavy atom. The van der Waals surface area contributed by atoms with Crippen molar-refractivity contribution in [1.29, 1.82) is 0 Å².